The second kappa shape index (κ2) is 6.99. The maximum absolute atomic E-state index is 12.8. The molecule has 120 valence electrons. The molecule has 23 heavy (non-hydrogen) atoms. The quantitative estimate of drug-likeness (QED) is 0.777. The third-order valence-electron chi connectivity index (χ3n) is 5.11. The number of nitrogens with zero attached hydrogens (tertiary/aromatic N) is 1. The van der Waals surface area contributed by atoms with E-state index in [-0.39, 0.29) is 12.0 Å². The number of hydrogen-bond acceptors (Lipinski definition) is 1. The van der Waals surface area contributed by atoms with Crippen LogP contribution in [0.25, 0.3) is 0 Å². The van der Waals surface area contributed by atoms with Crippen molar-refractivity contribution in [1.82, 2.24) is 4.90 Å². The van der Waals surface area contributed by atoms with Crippen LogP contribution in [0.3, 0.4) is 0 Å². The van der Waals surface area contributed by atoms with Crippen LogP contribution in [0.2, 0.25) is 0 Å². The Labute approximate surface area is 139 Å². The zero-order valence-corrected chi connectivity index (χ0v) is 14.0. The Kier molecular flexibility index (Phi) is 4.80. The second-order valence-corrected chi connectivity index (χ2v) is 6.65. The molecule has 0 bridgehead atoms. The molecule has 2 nitrogen and oxygen atoms in total. The molecule has 0 saturated carbocycles. The molecule has 0 radical (unpaired) electrons. The van der Waals surface area contributed by atoms with Crippen molar-refractivity contribution in [3.8, 4) is 0 Å². The van der Waals surface area contributed by atoms with Crippen LogP contribution in [0.5, 0.6) is 0 Å². The van der Waals surface area contributed by atoms with Crippen molar-refractivity contribution in [2.45, 2.75) is 38.6 Å². The Bertz CT molecular complexity index is 637. The first kappa shape index (κ1) is 15.8. The molecular weight excluding hydrogens is 282 g/mol. The number of rotatable bonds is 5. The highest BCUT2D eigenvalue weighted by atomic mass is 16.2. The summed E-state index contributed by atoms with van der Waals surface area (Å²) in [6.07, 6.45) is 1.92. The minimum atomic E-state index is 0.163. The molecule has 1 amide bonds. The molecule has 0 aromatic heterocycles. The van der Waals surface area contributed by atoms with Crippen molar-refractivity contribution in [3.63, 3.8) is 0 Å². The van der Waals surface area contributed by atoms with Crippen LogP contribution in [-0.4, -0.2) is 17.4 Å². The predicted molar refractivity (Wildman–Crippen MR) is 94.2 cm³/mol. The van der Waals surface area contributed by atoms with E-state index in [1.54, 1.807) is 0 Å². The Balaban J connectivity index is 1.65. The third kappa shape index (κ3) is 3.47. The number of benzene rings is 2. The summed E-state index contributed by atoms with van der Waals surface area (Å²) in [5.74, 6) is 0.914. The summed E-state index contributed by atoms with van der Waals surface area (Å²) in [4.78, 5) is 14.9. The fraction of sp³-hybridized carbons (Fsp3) is 0.381. The maximum atomic E-state index is 12.8. The number of hydrogen-bond donors (Lipinski definition) is 0. The maximum Gasteiger partial charge on any atom is 0.226 e. The number of likely N-dealkylation sites (tertiary alicyclic amines) is 1. The normalized spacial score (nSPS) is 20.5. The van der Waals surface area contributed by atoms with Gasteiger partial charge in [0.2, 0.25) is 5.91 Å². The summed E-state index contributed by atoms with van der Waals surface area (Å²) < 4.78 is 0. The van der Waals surface area contributed by atoms with E-state index in [1.807, 2.05) is 24.3 Å². The first-order chi connectivity index (χ1) is 11.2. The molecule has 0 N–H and O–H groups in total. The van der Waals surface area contributed by atoms with Gasteiger partial charge in [-0.2, -0.15) is 0 Å². The molecule has 3 atom stereocenters. The highest BCUT2D eigenvalue weighted by Gasteiger charge is 2.35. The Morgan fingerprint density at radius 3 is 2.13 bits per heavy atom. The zero-order valence-electron chi connectivity index (χ0n) is 14.0. The van der Waals surface area contributed by atoms with E-state index in [9.17, 15) is 4.79 Å². The molecule has 1 heterocycles. The monoisotopic (exact) mass is 307 g/mol. The SMILES string of the molecule is C[C@H](C[C@H]1CCN([C@@H](C)c2ccccc2)C1=O)c1ccccc1. The highest BCUT2D eigenvalue weighted by Crippen LogP contribution is 2.34. The van der Waals surface area contributed by atoms with Crippen molar-refractivity contribution < 1.29 is 4.79 Å². The van der Waals surface area contributed by atoms with Gasteiger partial charge in [-0.1, -0.05) is 67.6 Å². The lowest BCUT2D eigenvalue weighted by molar-refractivity contribution is -0.133. The minimum absolute atomic E-state index is 0.163. The van der Waals surface area contributed by atoms with Gasteiger partial charge in [0, 0.05) is 12.5 Å². The molecule has 2 heteroatoms. The van der Waals surface area contributed by atoms with Crippen molar-refractivity contribution in [2.24, 2.45) is 5.92 Å². The zero-order chi connectivity index (χ0) is 16.2. The van der Waals surface area contributed by atoms with Gasteiger partial charge in [0.25, 0.3) is 0 Å². The van der Waals surface area contributed by atoms with E-state index >= 15 is 0 Å². The predicted octanol–water partition coefficient (Wildman–Crippen LogP) is 4.79. The molecule has 1 aliphatic rings. The average molecular weight is 307 g/mol. The van der Waals surface area contributed by atoms with Crippen molar-refractivity contribution in [3.05, 3.63) is 71.8 Å². The van der Waals surface area contributed by atoms with Crippen LogP contribution >= 0.6 is 0 Å². The van der Waals surface area contributed by atoms with Gasteiger partial charge in [0.05, 0.1) is 6.04 Å². The topological polar surface area (TPSA) is 20.3 Å². The van der Waals surface area contributed by atoms with Gasteiger partial charge in [0.1, 0.15) is 0 Å². The molecule has 0 spiro atoms. The first-order valence-corrected chi connectivity index (χ1v) is 8.57. The van der Waals surface area contributed by atoms with Gasteiger partial charge in [-0.25, -0.2) is 0 Å². The van der Waals surface area contributed by atoms with Gasteiger partial charge in [-0.3, -0.25) is 4.79 Å². The molecule has 0 unspecified atom stereocenters. The molecular formula is C21H25NO. The van der Waals surface area contributed by atoms with Crippen molar-refractivity contribution >= 4 is 5.91 Å². The Morgan fingerprint density at radius 1 is 0.957 bits per heavy atom. The summed E-state index contributed by atoms with van der Waals surface area (Å²) in [5.41, 5.74) is 2.55. The van der Waals surface area contributed by atoms with Crippen LogP contribution in [-0.2, 0) is 4.79 Å². The average Bonchev–Trinajstić information content (AvgIpc) is 2.96. The van der Waals surface area contributed by atoms with E-state index in [2.05, 4.69) is 55.1 Å². The summed E-state index contributed by atoms with van der Waals surface area (Å²) in [7, 11) is 0. The van der Waals surface area contributed by atoms with Crippen LogP contribution in [0.1, 0.15) is 49.8 Å². The third-order valence-corrected chi connectivity index (χ3v) is 5.11. The van der Waals surface area contributed by atoms with E-state index < -0.39 is 0 Å². The molecule has 1 saturated heterocycles. The minimum Gasteiger partial charge on any atom is -0.336 e. The smallest absolute Gasteiger partial charge is 0.226 e. The van der Waals surface area contributed by atoms with Gasteiger partial charge in [-0.05, 0) is 36.8 Å². The van der Waals surface area contributed by atoms with Gasteiger partial charge in [-0.15, -0.1) is 0 Å². The summed E-state index contributed by atoms with van der Waals surface area (Å²) in [5, 5.41) is 0. The number of carbonyl (C=O) groups is 1. The van der Waals surface area contributed by atoms with E-state index in [0.717, 1.165) is 19.4 Å². The van der Waals surface area contributed by atoms with Crippen LogP contribution in [0.4, 0.5) is 0 Å². The molecule has 1 aliphatic heterocycles. The van der Waals surface area contributed by atoms with Crippen LogP contribution in [0.15, 0.2) is 60.7 Å². The fourth-order valence-electron chi connectivity index (χ4n) is 3.62. The molecule has 0 aliphatic carbocycles. The number of amides is 1. The van der Waals surface area contributed by atoms with Crippen LogP contribution in [0, 0.1) is 5.92 Å². The lowest BCUT2D eigenvalue weighted by atomic mass is 9.89. The van der Waals surface area contributed by atoms with Crippen molar-refractivity contribution in [2.75, 3.05) is 6.54 Å². The lowest BCUT2D eigenvalue weighted by Crippen LogP contribution is -2.30. The molecule has 2 aromatic carbocycles. The lowest BCUT2D eigenvalue weighted by Gasteiger charge is -2.25. The second-order valence-electron chi connectivity index (χ2n) is 6.65. The summed E-state index contributed by atoms with van der Waals surface area (Å²) >= 11 is 0. The van der Waals surface area contributed by atoms with Gasteiger partial charge >= 0.3 is 0 Å². The highest BCUT2D eigenvalue weighted by molar-refractivity contribution is 5.81. The Morgan fingerprint density at radius 2 is 1.52 bits per heavy atom. The Hall–Kier alpha value is -2.09. The summed E-state index contributed by atoms with van der Waals surface area (Å²) in [6, 6.07) is 21.0. The molecule has 2 aromatic rings. The standard InChI is InChI=1S/C21H25NO/c1-16(18-9-5-3-6-10-18)15-20-13-14-22(21(20)23)17(2)19-11-7-4-8-12-19/h3-12,16-17,20H,13-15H2,1-2H3/t16-,17+,20-/m1/s1. The van der Waals surface area contributed by atoms with E-state index in [4.69, 9.17) is 0 Å². The van der Waals surface area contributed by atoms with Crippen LogP contribution < -0.4 is 0 Å². The van der Waals surface area contributed by atoms with Gasteiger partial charge in [0.15, 0.2) is 0 Å². The summed E-state index contributed by atoms with van der Waals surface area (Å²) in [6.45, 7) is 5.24. The largest absolute Gasteiger partial charge is 0.336 e. The van der Waals surface area contributed by atoms with Gasteiger partial charge < -0.3 is 4.90 Å². The van der Waals surface area contributed by atoms with E-state index in [0.29, 0.717) is 11.8 Å². The first-order valence-electron chi connectivity index (χ1n) is 8.57. The fourth-order valence-corrected chi connectivity index (χ4v) is 3.62. The molecule has 3 rings (SSSR count). The van der Waals surface area contributed by atoms with E-state index in [1.165, 1.54) is 11.1 Å². The molecule has 1 fully saturated rings. The van der Waals surface area contributed by atoms with Crippen molar-refractivity contribution in [1.29, 1.82) is 0 Å². The number of carbonyl (C=O) groups excluding carboxylic acids is 1.